The fourth-order valence-electron chi connectivity index (χ4n) is 2.08. The highest BCUT2D eigenvalue weighted by atomic mass is 16.6. The average molecular weight is 313 g/mol. The van der Waals surface area contributed by atoms with E-state index in [0.717, 1.165) is 17.5 Å². The zero-order valence-corrected chi connectivity index (χ0v) is 13.2. The molecule has 0 fully saturated rings. The molecule has 1 heterocycles. The number of hydrogen-bond donors (Lipinski definition) is 0. The summed E-state index contributed by atoms with van der Waals surface area (Å²) in [7, 11) is 0. The first kappa shape index (κ1) is 16.7. The van der Waals surface area contributed by atoms with Crippen LogP contribution in [0.25, 0.3) is 0 Å². The molecule has 2 aromatic rings. The fraction of sp³-hybridized carbons (Fsp3) is 0.278. The van der Waals surface area contributed by atoms with Crippen molar-refractivity contribution in [2.45, 2.75) is 26.4 Å². The largest absolute Gasteiger partial charge is 0.471 e. The zero-order chi connectivity index (χ0) is 16.7. The van der Waals surface area contributed by atoms with Crippen LogP contribution in [0.4, 0.5) is 0 Å². The average Bonchev–Trinajstić information content (AvgIpc) is 2.55. The lowest BCUT2D eigenvalue weighted by Gasteiger charge is -2.15. The summed E-state index contributed by atoms with van der Waals surface area (Å²) in [4.78, 5) is 27.3. The molecule has 23 heavy (non-hydrogen) atoms. The number of esters is 1. The molecule has 5 nitrogen and oxygen atoms in total. The lowest BCUT2D eigenvalue weighted by Crippen LogP contribution is -2.35. The summed E-state index contributed by atoms with van der Waals surface area (Å²) in [5.41, 5.74) is 2.19. The summed E-state index contributed by atoms with van der Waals surface area (Å²) in [6, 6.07) is 11.2. The molecule has 0 spiro atoms. The standard InChI is InChI=1S/C18H19NO4/c1-3-22-18(21)17(13(2)20)23-16-8-6-14(7-9-16)11-15-5-4-10-19-12-15/h4-10,12,17H,3,11H2,1-2H3. The number of carbonyl (C=O) groups excluding carboxylic acids is 2. The second-order valence-corrected chi connectivity index (χ2v) is 5.04. The van der Waals surface area contributed by atoms with Gasteiger partial charge in [0.05, 0.1) is 6.61 Å². The normalized spacial score (nSPS) is 11.6. The van der Waals surface area contributed by atoms with E-state index in [2.05, 4.69) is 4.98 Å². The Labute approximate surface area is 135 Å². The molecule has 0 aliphatic carbocycles. The van der Waals surface area contributed by atoms with Gasteiger partial charge in [-0.15, -0.1) is 0 Å². The summed E-state index contributed by atoms with van der Waals surface area (Å²) >= 11 is 0. The third-order valence-corrected chi connectivity index (χ3v) is 3.18. The number of Topliss-reactive ketones (excluding diaryl/α,β-unsaturated/α-hetero) is 1. The molecule has 1 unspecified atom stereocenters. The molecule has 5 heteroatoms. The SMILES string of the molecule is CCOC(=O)C(Oc1ccc(Cc2cccnc2)cc1)C(C)=O. The van der Waals surface area contributed by atoms with Gasteiger partial charge < -0.3 is 9.47 Å². The molecule has 0 radical (unpaired) electrons. The van der Waals surface area contributed by atoms with E-state index in [-0.39, 0.29) is 12.4 Å². The van der Waals surface area contributed by atoms with Gasteiger partial charge in [0.15, 0.2) is 5.78 Å². The Balaban J connectivity index is 2.03. The van der Waals surface area contributed by atoms with Gasteiger partial charge in [0, 0.05) is 12.4 Å². The van der Waals surface area contributed by atoms with E-state index < -0.39 is 12.1 Å². The van der Waals surface area contributed by atoms with Crippen LogP contribution in [-0.2, 0) is 20.7 Å². The fourth-order valence-corrected chi connectivity index (χ4v) is 2.08. The Morgan fingerprint density at radius 3 is 2.43 bits per heavy atom. The van der Waals surface area contributed by atoms with E-state index in [4.69, 9.17) is 9.47 Å². The molecular formula is C18H19NO4. The van der Waals surface area contributed by atoms with Crippen molar-refractivity contribution in [1.82, 2.24) is 4.98 Å². The minimum Gasteiger partial charge on any atom is -0.471 e. The van der Waals surface area contributed by atoms with Crippen LogP contribution in [0.3, 0.4) is 0 Å². The summed E-state index contributed by atoms with van der Waals surface area (Å²) in [5.74, 6) is -0.601. The second kappa shape index (κ2) is 8.08. The van der Waals surface area contributed by atoms with Gasteiger partial charge in [0.1, 0.15) is 5.75 Å². The molecular weight excluding hydrogens is 294 g/mol. The summed E-state index contributed by atoms with van der Waals surface area (Å²) in [6.07, 6.45) is 3.08. The van der Waals surface area contributed by atoms with Crippen molar-refractivity contribution >= 4 is 11.8 Å². The van der Waals surface area contributed by atoms with Crippen molar-refractivity contribution in [1.29, 1.82) is 0 Å². The monoisotopic (exact) mass is 313 g/mol. The smallest absolute Gasteiger partial charge is 0.355 e. The third kappa shape index (κ3) is 4.92. The highest BCUT2D eigenvalue weighted by Gasteiger charge is 2.26. The molecule has 0 aliphatic rings. The number of rotatable bonds is 7. The quantitative estimate of drug-likeness (QED) is 0.580. The van der Waals surface area contributed by atoms with E-state index >= 15 is 0 Å². The molecule has 0 bridgehead atoms. The Kier molecular flexibility index (Phi) is 5.86. The molecule has 2 rings (SSSR count). The maximum Gasteiger partial charge on any atom is 0.355 e. The van der Waals surface area contributed by atoms with Crippen molar-refractivity contribution in [2.24, 2.45) is 0 Å². The van der Waals surface area contributed by atoms with Crippen LogP contribution in [-0.4, -0.2) is 29.4 Å². The van der Waals surface area contributed by atoms with Crippen molar-refractivity contribution in [3.8, 4) is 5.75 Å². The van der Waals surface area contributed by atoms with Gasteiger partial charge in [0.25, 0.3) is 6.10 Å². The Morgan fingerprint density at radius 2 is 1.87 bits per heavy atom. The Morgan fingerprint density at radius 1 is 1.13 bits per heavy atom. The maximum atomic E-state index is 11.7. The number of pyridine rings is 1. The minimum atomic E-state index is -1.22. The number of aromatic nitrogens is 1. The van der Waals surface area contributed by atoms with Crippen LogP contribution in [0, 0.1) is 0 Å². The topological polar surface area (TPSA) is 65.5 Å². The van der Waals surface area contributed by atoms with Crippen LogP contribution in [0.15, 0.2) is 48.8 Å². The lowest BCUT2D eigenvalue weighted by molar-refractivity contribution is -0.154. The zero-order valence-electron chi connectivity index (χ0n) is 13.2. The second-order valence-electron chi connectivity index (χ2n) is 5.04. The minimum absolute atomic E-state index is 0.204. The molecule has 1 aromatic carbocycles. The van der Waals surface area contributed by atoms with Crippen molar-refractivity contribution < 1.29 is 19.1 Å². The van der Waals surface area contributed by atoms with Gasteiger partial charge in [-0.05, 0) is 49.6 Å². The van der Waals surface area contributed by atoms with Crippen molar-refractivity contribution in [3.63, 3.8) is 0 Å². The number of ether oxygens (including phenoxy) is 2. The molecule has 1 aromatic heterocycles. The summed E-state index contributed by atoms with van der Waals surface area (Å²) in [5, 5.41) is 0. The van der Waals surface area contributed by atoms with Crippen LogP contribution < -0.4 is 4.74 Å². The van der Waals surface area contributed by atoms with Crippen LogP contribution in [0.2, 0.25) is 0 Å². The van der Waals surface area contributed by atoms with E-state index in [1.807, 2.05) is 30.5 Å². The van der Waals surface area contributed by atoms with Crippen molar-refractivity contribution in [2.75, 3.05) is 6.61 Å². The third-order valence-electron chi connectivity index (χ3n) is 3.18. The number of ketones is 1. The first-order valence-corrected chi connectivity index (χ1v) is 7.41. The van der Waals surface area contributed by atoms with Crippen LogP contribution in [0.1, 0.15) is 25.0 Å². The molecule has 0 saturated carbocycles. The first-order valence-electron chi connectivity index (χ1n) is 7.41. The molecule has 1 atom stereocenters. The predicted molar refractivity (Wildman–Crippen MR) is 85.2 cm³/mol. The van der Waals surface area contributed by atoms with E-state index in [1.54, 1.807) is 25.3 Å². The molecule has 120 valence electrons. The number of hydrogen-bond acceptors (Lipinski definition) is 5. The highest BCUT2D eigenvalue weighted by Crippen LogP contribution is 2.17. The van der Waals surface area contributed by atoms with Crippen LogP contribution >= 0.6 is 0 Å². The van der Waals surface area contributed by atoms with Crippen LogP contribution in [0.5, 0.6) is 5.75 Å². The van der Waals surface area contributed by atoms with Gasteiger partial charge in [-0.1, -0.05) is 18.2 Å². The number of benzene rings is 1. The molecule has 0 aliphatic heterocycles. The summed E-state index contributed by atoms with van der Waals surface area (Å²) in [6.45, 7) is 3.19. The first-order chi connectivity index (χ1) is 11.1. The maximum absolute atomic E-state index is 11.7. The van der Waals surface area contributed by atoms with Gasteiger partial charge in [-0.3, -0.25) is 9.78 Å². The summed E-state index contributed by atoms with van der Waals surface area (Å²) < 4.78 is 10.3. The lowest BCUT2D eigenvalue weighted by atomic mass is 10.1. The highest BCUT2D eigenvalue weighted by molar-refractivity contribution is 6.01. The van der Waals surface area contributed by atoms with E-state index in [0.29, 0.717) is 5.75 Å². The van der Waals surface area contributed by atoms with E-state index in [1.165, 1.54) is 6.92 Å². The number of nitrogens with zero attached hydrogens (tertiary/aromatic N) is 1. The Hall–Kier alpha value is -2.69. The van der Waals surface area contributed by atoms with Gasteiger partial charge in [0.2, 0.25) is 0 Å². The molecule has 0 saturated heterocycles. The van der Waals surface area contributed by atoms with E-state index in [9.17, 15) is 9.59 Å². The number of carbonyl (C=O) groups is 2. The van der Waals surface area contributed by atoms with Gasteiger partial charge in [-0.25, -0.2) is 4.79 Å². The van der Waals surface area contributed by atoms with Gasteiger partial charge >= 0.3 is 5.97 Å². The molecule has 0 N–H and O–H groups in total. The molecule has 0 amide bonds. The van der Waals surface area contributed by atoms with Crippen molar-refractivity contribution in [3.05, 3.63) is 59.9 Å². The predicted octanol–water partition coefficient (Wildman–Crippen LogP) is 2.57. The Bertz CT molecular complexity index is 652. The van der Waals surface area contributed by atoms with Gasteiger partial charge in [-0.2, -0.15) is 0 Å².